The average molecular weight is 237 g/mol. The molecule has 2 atom stereocenters. The summed E-state index contributed by atoms with van der Waals surface area (Å²) >= 11 is 0. The first kappa shape index (κ1) is 12.0. The second kappa shape index (κ2) is 4.84. The summed E-state index contributed by atoms with van der Waals surface area (Å²) in [6.45, 7) is 3.18. The molecular formula is C13H16FNO2. The van der Waals surface area contributed by atoms with Crippen molar-refractivity contribution in [3.63, 3.8) is 0 Å². The lowest BCUT2D eigenvalue weighted by Gasteiger charge is -2.36. The molecule has 1 aromatic rings. The van der Waals surface area contributed by atoms with Crippen molar-refractivity contribution in [2.75, 3.05) is 18.0 Å². The van der Waals surface area contributed by atoms with E-state index in [9.17, 15) is 14.3 Å². The lowest BCUT2D eigenvalue weighted by Crippen LogP contribution is -2.43. The average Bonchev–Trinajstić information content (AvgIpc) is 2.32. The summed E-state index contributed by atoms with van der Waals surface area (Å²) in [5.41, 5.74) is 0.653. The highest BCUT2D eigenvalue weighted by atomic mass is 19.1. The number of nitrogens with zero attached hydrogens (tertiary/aromatic N) is 1. The molecule has 1 aliphatic rings. The summed E-state index contributed by atoms with van der Waals surface area (Å²) in [4.78, 5) is 12.8. The van der Waals surface area contributed by atoms with Crippen molar-refractivity contribution in [2.45, 2.75) is 19.4 Å². The van der Waals surface area contributed by atoms with Crippen LogP contribution in [0, 0.1) is 11.7 Å². The van der Waals surface area contributed by atoms with Gasteiger partial charge in [-0.3, -0.25) is 4.79 Å². The third kappa shape index (κ3) is 2.31. The van der Waals surface area contributed by atoms with Gasteiger partial charge in [0.1, 0.15) is 5.82 Å². The van der Waals surface area contributed by atoms with E-state index in [1.807, 2.05) is 11.8 Å². The topological polar surface area (TPSA) is 40.5 Å². The molecule has 0 spiro atoms. The van der Waals surface area contributed by atoms with Crippen LogP contribution in [0.15, 0.2) is 18.2 Å². The van der Waals surface area contributed by atoms with E-state index in [4.69, 9.17) is 0 Å². The summed E-state index contributed by atoms with van der Waals surface area (Å²) in [6, 6.07) is 4.58. The first-order valence-electron chi connectivity index (χ1n) is 5.80. The molecule has 1 N–H and O–H groups in total. The number of aliphatic hydroxyl groups is 1. The van der Waals surface area contributed by atoms with Gasteiger partial charge in [0.05, 0.1) is 17.4 Å². The molecule has 0 amide bonds. The minimum Gasteiger partial charge on any atom is -0.391 e. The first-order chi connectivity index (χ1) is 8.13. The highest BCUT2D eigenvalue weighted by molar-refractivity contribution is 5.85. The molecule has 1 aliphatic heterocycles. The first-order valence-corrected chi connectivity index (χ1v) is 5.80. The Morgan fingerprint density at radius 2 is 2.29 bits per heavy atom. The van der Waals surface area contributed by atoms with Crippen LogP contribution in [0.4, 0.5) is 10.1 Å². The maximum Gasteiger partial charge on any atom is 0.155 e. The second-order valence-corrected chi connectivity index (χ2v) is 4.57. The Balaban J connectivity index is 2.28. The minimum absolute atomic E-state index is 0.0780. The van der Waals surface area contributed by atoms with Crippen LogP contribution in [0.25, 0.3) is 0 Å². The number of hydrogen-bond acceptors (Lipinski definition) is 3. The van der Waals surface area contributed by atoms with Crippen molar-refractivity contribution >= 4 is 12.0 Å². The van der Waals surface area contributed by atoms with Gasteiger partial charge in [-0.25, -0.2) is 4.39 Å². The van der Waals surface area contributed by atoms with Crippen molar-refractivity contribution in [3.8, 4) is 0 Å². The third-order valence-electron chi connectivity index (χ3n) is 3.41. The molecule has 0 aromatic heterocycles. The molecule has 1 fully saturated rings. The van der Waals surface area contributed by atoms with Crippen molar-refractivity contribution < 1.29 is 14.3 Å². The van der Waals surface area contributed by atoms with Gasteiger partial charge in [-0.1, -0.05) is 13.0 Å². The van der Waals surface area contributed by atoms with E-state index in [2.05, 4.69) is 0 Å². The SMILES string of the molecule is CC1CCN(c2cccc(F)c2C=O)CC1O. The Kier molecular flexibility index (Phi) is 3.43. The Labute approximate surface area is 99.9 Å². The summed E-state index contributed by atoms with van der Waals surface area (Å²) in [5, 5.41) is 9.82. The normalized spacial score (nSPS) is 24.8. The summed E-state index contributed by atoms with van der Waals surface area (Å²) < 4.78 is 13.5. The van der Waals surface area contributed by atoms with Crippen molar-refractivity contribution in [3.05, 3.63) is 29.6 Å². The van der Waals surface area contributed by atoms with Crippen LogP contribution in [0.5, 0.6) is 0 Å². The lowest BCUT2D eigenvalue weighted by molar-refractivity contribution is 0.102. The second-order valence-electron chi connectivity index (χ2n) is 4.57. The fourth-order valence-corrected chi connectivity index (χ4v) is 2.19. The van der Waals surface area contributed by atoms with Gasteiger partial charge >= 0.3 is 0 Å². The standard InChI is InChI=1S/C13H16FNO2/c1-9-5-6-15(7-13(9)17)12-4-2-3-11(14)10(12)8-16/h2-4,8-9,13,17H,5-7H2,1H3. The Hall–Kier alpha value is -1.42. The molecule has 4 heteroatoms. The van der Waals surface area contributed by atoms with Crippen LogP contribution in [-0.2, 0) is 0 Å². The van der Waals surface area contributed by atoms with Gasteiger partial charge < -0.3 is 10.0 Å². The number of carbonyl (C=O) groups excluding carboxylic acids is 1. The number of hydrogen-bond donors (Lipinski definition) is 1. The smallest absolute Gasteiger partial charge is 0.155 e. The summed E-state index contributed by atoms with van der Waals surface area (Å²) in [6.07, 6.45) is 0.955. The number of anilines is 1. The molecule has 0 aliphatic carbocycles. The summed E-state index contributed by atoms with van der Waals surface area (Å²) in [7, 11) is 0. The van der Waals surface area contributed by atoms with Crippen molar-refractivity contribution in [2.24, 2.45) is 5.92 Å². The highest BCUT2D eigenvalue weighted by Crippen LogP contribution is 2.26. The van der Waals surface area contributed by atoms with Gasteiger partial charge in [-0.2, -0.15) is 0 Å². The van der Waals surface area contributed by atoms with Crippen LogP contribution in [0.2, 0.25) is 0 Å². The Bertz CT molecular complexity index is 422. The monoisotopic (exact) mass is 237 g/mol. The zero-order valence-corrected chi connectivity index (χ0v) is 9.77. The maximum atomic E-state index is 13.5. The quantitative estimate of drug-likeness (QED) is 0.798. The van der Waals surface area contributed by atoms with Gasteiger partial charge in [0.2, 0.25) is 0 Å². The van der Waals surface area contributed by atoms with Gasteiger partial charge in [0.25, 0.3) is 0 Å². The number of piperidine rings is 1. The predicted octanol–water partition coefficient (Wildman–Crippen LogP) is 1.85. The van der Waals surface area contributed by atoms with Crippen LogP contribution >= 0.6 is 0 Å². The molecule has 2 rings (SSSR count). The minimum atomic E-state index is -0.509. The number of aliphatic hydroxyl groups excluding tert-OH is 1. The fourth-order valence-electron chi connectivity index (χ4n) is 2.19. The van der Waals surface area contributed by atoms with Crippen LogP contribution in [0.1, 0.15) is 23.7 Å². The fraction of sp³-hybridized carbons (Fsp3) is 0.462. The molecule has 1 saturated heterocycles. The predicted molar refractivity (Wildman–Crippen MR) is 63.8 cm³/mol. The maximum absolute atomic E-state index is 13.5. The van der Waals surface area contributed by atoms with Crippen molar-refractivity contribution in [1.29, 1.82) is 0 Å². The number of aldehydes is 1. The molecule has 3 nitrogen and oxygen atoms in total. The number of halogens is 1. The molecule has 0 saturated carbocycles. The van der Waals surface area contributed by atoms with Crippen LogP contribution < -0.4 is 4.90 Å². The number of β-amino-alcohol motifs (C(OH)–C–C–N with tert-alkyl or cyclic N) is 1. The molecule has 92 valence electrons. The van der Waals surface area contributed by atoms with E-state index < -0.39 is 11.9 Å². The molecular weight excluding hydrogens is 221 g/mol. The number of rotatable bonds is 2. The number of benzene rings is 1. The zero-order chi connectivity index (χ0) is 12.4. The number of carbonyl (C=O) groups is 1. The Morgan fingerprint density at radius 3 is 2.94 bits per heavy atom. The lowest BCUT2D eigenvalue weighted by atomic mass is 9.95. The molecule has 0 bridgehead atoms. The third-order valence-corrected chi connectivity index (χ3v) is 3.41. The molecule has 2 unspecified atom stereocenters. The van der Waals surface area contributed by atoms with Gasteiger partial charge in [0, 0.05) is 13.1 Å². The van der Waals surface area contributed by atoms with E-state index >= 15 is 0 Å². The zero-order valence-electron chi connectivity index (χ0n) is 9.77. The highest BCUT2D eigenvalue weighted by Gasteiger charge is 2.26. The van der Waals surface area contributed by atoms with Crippen LogP contribution in [0.3, 0.4) is 0 Å². The molecule has 17 heavy (non-hydrogen) atoms. The van der Waals surface area contributed by atoms with E-state index in [0.29, 0.717) is 18.5 Å². The molecule has 0 radical (unpaired) electrons. The van der Waals surface area contributed by atoms with E-state index in [-0.39, 0.29) is 11.5 Å². The van der Waals surface area contributed by atoms with Gasteiger partial charge in [0.15, 0.2) is 6.29 Å². The van der Waals surface area contributed by atoms with Crippen LogP contribution in [-0.4, -0.2) is 30.6 Å². The van der Waals surface area contributed by atoms with E-state index in [1.54, 1.807) is 12.1 Å². The largest absolute Gasteiger partial charge is 0.391 e. The Morgan fingerprint density at radius 1 is 1.53 bits per heavy atom. The van der Waals surface area contributed by atoms with Gasteiger partial charge in [-0.15, -0.1) is 0 Å². The van der Waals surface area contributed by atoms with E-state index in [0.717, 1.165) is 13.0 Å². The van der Waals surface area contributed by atoms with Gasteiger partial charge in [-0.05, 0) is 24.5 Å². The summed E-state index contributed by atoms with van der Waals surface area (Å²) in [5.74, 6) is -0.259. The van der Waals surface area contributed by atoms with E-state index in [1.165, 1.54) is 6.07 Å². The molecule has 1 aromatic carbocycles. The molecule has 1 heterocycles. The van der Waals surface area contributed by atoms with Crippen molar-refractivity contribution in [1.82, 2.24) is 0 Å².